The summed E-state index contributed by atoms with van der Waals surface area (Å²) < 4.78 is 27.4. The van der Waals surface area contributed by atoms with Gasteiger partial charge in [-0.3, -0.25) is 4.79 Å². The van der Waals surface area contributed by atoms with Gasteiger partial charge < -0.3 is 10.2 Å². The highest BCUT2D eigenvalue weighted by Crippen LogP contribution is 2.27. The lowest BCUT2D eigenvalue weighted by atomic mass is 9.97. The van der Waals surface area contributed by atoms with Crippen LogP contribution >= 0.6 is 0 Å². The third-order valence-electron chi connectivity index (χ3n) is 7.01. The number of anilines is 1. The van der Waals surface area contributed by atoms with Gasteiger partial charge in [0.15, 0.2) is 0 Å². The van der Waals surface area contributed by atoms with Crippen molar-refractivity contribution in [2.75, 3.05) is 31.1 Å². The normalized spacial score (nSPS) is 19.2. The number of rotatable bonds is 6. The van der Waals surface area contributed by atoms with E-state index in [1.807, 2.05) is 37.3 Å². The van der Waals surface area contributed by atoms with E-state index >= 15 is 0 Å². The Balaban J connectivity index is 1.27. The maximum absolute atomic E-state index is 12.9. The van der Waals surface area contributed by atoms with E-state index in [4.69, 9.17) is 4.98 Å². The van der Waals surface area contributed by atoms with E-state index in [0.717, 1.165) is 54.5 Å². The molecule has 1 aromatic heterocycles. The van der Waals surface area contributed by atoms with E-state index in [-0.39, 0.29) is 11.8 Å². The molecule has 3 heterocycles. The molecule has 35 heavy (non-hydrogen) atoms. The van der Waals surface area contributed by atoms with Crippen molar-refractivity contribution >= 4 is 32.7 Å². The molecule has 0 aliphatic carbocycles. The Morgan fingerprint density at radius 1 is 1.03 bits per heavy atom. The third-order valence-corrected chi connectivity index (χ3v) is 8.91. The van der Waals surface area contributed by atoms with Crippen LogP contribution in [0.5, 0.6) is 0 Å². The van der Waals surface area contributed by atoms with Crippen molar-refractivity contribution in [2.24, 2.45) is 5.92 Å². The molecule has 5 rings (SSSR count). The zero-order valence-corrected chi connectivity index (χ0v) is 20.9. The van der Waals surface area contributed by atoms with E-state index in [9.17, 15) is 13.2 Å². The summed E-state index contributed by atoms with van der Waals surface area (Å²) in [6.45, 7) is 5.24. The molecule has 0 radical (unpaired) electrons. The molecule has 8 heteroatoms. The van der Waals surface area contributed by atoms with Gasteiger partial charge in [-0.15, -0.1) is 0 Å². The number of pyridine rings is 1. The molecule has 1 atom stereocenters. The minimum Gasteiger partial charge on any atom is -0.356 e. The highest BCUT2D eigenvalue weighted by molar-refractivity contribution is 7.89. The number of hydrogen-bond acceptors (Lipinski definition) is 5. The lowest BCUT2D eigenvalue weighted by molar-refractivity contribution is -0.125. The van der Waals surface area contributed by atoms with Gasteiger partial charge in [-0.25, -0.2) is 13.4 Å². The number of fused-ring (bicyclic) bond motifs is 1. The number of hydrogen-bond donors (Lipinski definition) is 1. The van der Waals surface area contributed by atoms with Crippen LogP contribution in [-0.2, 0) is 21.4 Å². The fourth-order valence-corrected chi connectivity index (χ4v) is 6.61. The van der Waals surface area contributed by atoms with Gasteiger partial charge in [-0.05, 0) is 68.5 Å². The molecule has 2 saturated heterocycles. The standard InChI is InChI=1S/C27H32N4O3S/c1-20-6-4-7-21(16-20)18-28-27(32)23-8-5-13-30(19-23)26-12-9-22-17-24(10-11-25(22)29-26)35(33,34)31-14-2-3-15-31/h4,6-7,9-12,16-17,23H,2-3,5,8,13-15,18-19H2,1H3,(H,28,32)/t23-/m0/s1. The molecule has 2 aliphatic heterocycles. The average molecular weight is 493 g/mol. The lowest BCUT2D eigenvalue weighted by Gasteiger charge is -2.33. The Kier molecular flexibility index (Phi) is 6.75. The maximum Gasteiger partial charge on any atom is 0.243 e. The van der Waals surface area contributed by atoms with Gasteiger partial charge in [0, 0.05) is 38.1 Å². The first-order chi connectivity index (χ1) is 16.9. The molecule has 3 aromatic rings. The molecule has 0 bridgehead atoms. The third kappa shape index (κ3) is 5.18. The number of nitrogens with one attached hydrogen (secondary N) is 1. The molecular formula is C27H32N4O3S. The minimum atomic E-state index is -3.45. The first kappa shape index (κ1) is 23.8. The van der Waals surface area contributed by atoms with Crippen molar-refractivity contribution in [2.45, 2.75) is 44.0 Å². The van der Waals surface area contributed by atoms with Crippen molar-refractivity contribution in [3.05, 3.63) is 65.7 Å². The molecule has 2 aliphatic rings. The first-order valence-corrected chi connectivity index (χ1v) is 13.8. The minimum absolute atomic E-state index is 0.0776. The van der Waals surface area contributed by atoms with Gasteiger partial charge in [-0.2, -0.15) is 4.31 Å². The van der Waals surface area contributed by atoms with Crippen LogP contribution in [0, 0.1) is 12.8 Å². The average Bonchev–Trinajstić information content (AvgIpc) is 3.43. The summed E-state index contributed by atoms with van der Waals surface area (Å²) in [6.07, 6.45) is 3.62. The number of aromatic nitrogens is 1. The fourth-order valence-electron chi connectivity index (χ4n) is 5.06. The number of benzene rings is 2. The van der Waals surface area contributed by atoms with Gasteiger partial charge >= 0.3 is 0 Å². The van der Waals surface area contributed by atoms with Crippen molar-refractivity contribution in [3.63, 3.8) is 0 Å². The Morgan fingerprint density at radius 3 is 2.66 bits per heavy atom. The quantitative estimate of drug-likeness (QED) is 0.565. The van der Waals surface area contributed by atoms with Gasteiger partial charge in [0.05, 0.1) is 16.3 Å². The van der Waals surface area contributed by atoms with Crippen LogP contribution in [0.25, 0.3) is 10.9 Å². The SMILES string of the molecule is Cc1cccc(CNC(=O)[C@H]2CCCN(c3ccc4cc(S(=O)(=O)N5CCCC5)ccc4n3)C2)c1. The van der Waals surface area contributed by atoms with Crippen LogP contribution < -0.4 is 10.2 Å². The Morgan fingerprint density at radius 2 is 1.86 bits per heavy atom. The number of carbonyl (C=O) groups excluding carboxylic acids is 1. The number of sulfonamides is 1. The number of piperidine rings is 1. The summed E-state index contributed by atoms with van der Waals surface area (Å²) in [4.78, 5) is 20.2. The topological polar surface area (TPSA) is 82.6 Å². The van der Waals surface area contributed by atoms with E-state index in [0.29, 0.717) is 31.1 Å². The van der Waals surface area contributed by atoms with Crippen LogP contribution in [-0.4, -0.2) is 49.8 Å². The molecule has 2 fully saturated rings. The smallest absolute Gasteiger partial charge is 0.243 e. The molecular weight excluding hydrogens is 460 g/mol. The van der Waals surface area contributed by atoms with Gasteiger partial charge in [0.1, 0.15) is 5.82 Å². The number of amides is 1. The Labute approximate surface area is 207 Å². The van der Waals surface area contributed by atoms with Crippen molar-refractivity contribution in [3.8, 4) is 0 Å². The number of aryl methyl sites for hydroxylation is 1. The second-order valence-electron chi connectivity index (χ2n) is 9.63. The zero-order valence-electron chi connectivity index (χ0n) is 20.1. The van der Waals surface area contributed by atoms with E-state index in [1.165, 1.54) is 5.56 Å². The predicted octanol–water partition coefficient (Wildman–Crippen LogP) is 3.86. The molecule has 2 aromatic carbocycles. The zero-order chi connectivity index (χ0) is 24.4. The Hall–Kier alpha value is -2.97. The van der Waals surface area contributed by atoms with Crippen molar-refractivity contribution in [1.82, 2.24) is 14.6 Å². The highest BCUT2D eigenvalue weighted by atomic mass is 32.2. The van der Waals surface area contributed by atoms with Crippen LogP contribution in [0.2, 0.25) is 0 Å². The molecule has 0 unspecified atom stereocenters. The lowest BCUT2D eigenvalue weighted by Crippen LogP contribution is -2.43. The molecule has 184 valence electrons. The van der Waals surface area contributed by atoms with Crippen LogP contribution in [0.4, 0.5) is 5.82 Å². The van der Waals surface area contributed by atoms with E-state index in [2.05, 4.69) is 16.3 Å². The number of nitrogens with zero attached hydrogens (tertiary/aromatic N) is 3. The summed E-state index contributed by atoms with van der Waals surface area (Å²) in [5.74, 6) is 0.816. The fraction of sp³-hybridized carbons (Fsp3) is 0.407. The monoisotopic (exact) mass is 492 g/mol. The molecule has 0 saturated carbocycles. The van der Waals surface area contributed by atoms with E-state index < -0.39 is 10.0 Å². The molecule has 7 nitrogen and oxygen atoms in total. The van der Waals surface area contributed by atoms with Gasteiger partial charge in [-0.1, -0.05) is 29.8 Å². The second-order valence-corrected chi connectivity index (χ2v) is 11.6. The Bertz CT molecular complexity index is 1340. The largest absolute Gasteiger partial charge is 0.356 e. The van der Waals surface area contributed by atoms with Crippen molar-refractivity contribution < 1.29 is 13.2 Å². The summed E-state index contributed by atoms with van der Waals surface area (Å²) >= 11 is 0. The van der Waals surface area contributed by atoms with Gasteiger partial charge in [0.2, 0.25) is 15.9 Å². The summed E-state index contributed by atoms with van der Waals surface area (Å²) in [5.41, 5.74) is 3.05. The molecule has 1 amide bonds. The summed E-state index contributed by atoms with van der Waals surface area (Å²) in [6, 6.07) is 17.2. The maximum atomic E-state index is 12.9. The highest BCUT2D eigenvalue weighted by Gasteiger charge is 2.28. The predicted molar refractivity (Wildman–Crippen MR) is 138 cm³/mol. The van der Waals surface area contributed by atoms with Crippen LogP contribution in [0.1, 0.15) is 36.8 Å². The van der Waals surface area contributed by atoms with Crippen LogP contribution in [0.3, 0.4) is 0 Å². The van der Waals surface area contributed by atoms with E-state index in [1.54, 1.807) is 22.5 Å². The second kappa shape index (κ2) is 9.95. The molecule has 0 spiro atoms. The number of carbonyl (C=O) groups is 1. The summed E-state index contributed by atoms with van der Waals surface area (Å²) in [7, 11) is -3.45. The summed E-state index contributed by atoms with van der Waals surface area (Å²) in [5, 5.41) is 3.90. The van der Waals surface area contributed by atoms with Crippen molar-refractivity contribution in [1.29, 1.82) is 0 Å². The van der Waals surface area contributed by atoms with Crippen LogP contribution in [0.15, 0.2) is 59.5 Å². The van der Waals surface area contributed by atoms with Gasteiger partial charge in [0.25, 0.3) is 0 Å². The first-order valence-electron chi connectivity index (χ1n) is 12.4. The molecule has 1 N–H and O–H groups in total.